The van der Waals surface area contributed by atoms with Crippen LogP contribution in [0.2, 0.25) is 0 Å². The second-order valence-corrected chi connectivity index (χ2v) is 14.8. The van der Waals surface area contributed by atoms with E-state index in [-0.39, 0.29) is 0 Å². The van der Waals surface area contributed by atoms with Gasteiger partial charge in [0.1, 0.15) is 22.3 Å². The zero-order valence-corrected chi connectivity index (χ0v) is 30.8. The van der Waals surface area contributed by atoms with Crippen LogP contribution in [0.15, 0.2) is 185 Å². The van der Waals surface area contributed by atoms with E-state index in [9.17, 15) is 0 Å². The Morgan fingerprint density at radius 3 is 1.59 bits per heavy atom. The first-order chi connectivity index (χ1) is 28.8. The molecular formula is C51H29N5O2. The SMILES string of the molecule is c1ccc2c(c1)oc1c(-c3nc(-c4ccc5oc6cccc(-n7c8ccccc8c8ccccc87)c6c5c4)nc(-n4c5ccccc5c5ccccc54)n3)cccc12. The molecule has 0 aliphatic rings. The summed E-state index contributed by atoms with van der Waals surface area (Å²) in [5.74, 6) is 1.59. The fourth-order valence-corrected chi connectivity index (χ4v) is 9.09. The van der Waals surface area contributed by atoms with Crippen LogP contribution in [0.25, 0.3) is 122 Å². The maximum atomic E-state index is 6.57. The Morgan fingerprint density at radius 1 is 0.362 bits per heavy atom. The highest BCUT2D eigenvalue weighted by Gasteiger charge is 2.22. The zero-order valence-electron chi connectivity index (χ0n) is 30.8. The van der Waals surface area contributed by atoms with Crippen molar-refractivity contribution in [1.82, 2.24) is 24.1 Å². The van der Waals surface area contributed by atoms with Gasteiger partial charge < -0.3 is 13.4 Å². The van der Waals surface area contributed by atoms with Crippen LogP contribution in [0, 0.1) is 0 Å². The van der Waals surface area contributed by atoms with Gasteiger partial charge in [-0.05, 0) is 66.7 Å². The molecule has 8 aromatic carbocycles. The van der Waals surface area contributed by atoms with E-state index in [0.29, 0.717) is 17.6 Å². The largest absolute Gasteiger partial charge is 0.456 e. The Labute approximate surface area is 329 Å². The number of rotatable bonds is 4. The minimum absolute atomic E-state index is 0.522. The maximum Gasteiger partial charge on any atom is 0.238 e. The smallest absolute Gasteiger partial charge is 0.238 e. The quantitative estimate of drug-likeness (QED) is 0.179. The molecule has 5 aromatic heterocycles. The Kier molecular flexibility index (Phi) is 6.32. The molecular weight excluding hydrogens is 715 g/mol. The molecule has 0 saturated heterocycles. The third-order valence-corrected chi connectivity index (χ3v) is 11.6. The van der Waals surface area contributed by atoms with E-state index >= 15 is 0 Å². The Bertz CT molecular complexity index is 3720. The summed E-state index contributed by atoms with van der Waals surface area (Å²) in [5.41, 5.74) is 10.1. The first-order valence-electron chi connectivity index (χ1n) is 19.4. The van der Waals surface area contributed by atoms with E-state index in [2.05, 4.69) is 137 Å². The van der Waals surface area contributed by atoms with E-state index in [4.69, 9.17) is 23.8 Å². The summed E-state index contributed by atoms with van der Waals surface area (Å²) in [6, 6.07) is 60.8. The van der Waals surface area contributed by atoms with Crippen LogP contribution in [-0.4, -0.2) is 24.1 Å². The Morgan fingerprint density at radius 2 is 0.897 bits per heavy atom. The van der Waals surface area contributed by atoms with Crippen molar-refractivity contribution in [1.29, 1.82) is 0 Å². The van der Waals surface area contributed by atoms with E-state index in [0.717, 1.165) is 93.5 Å². The summed E-state index contributed by atoms with van der Waals surface area (Å²) in [7, 11) is 0. The molecule has 7 nitrogen and oxygen atoms in total. The number of fused-ring (bicyclic) bond motifs is 12. The molecule has 0 amide bonds. The summed E-state index contributed by atoms with van der Waals surface area (Å²) in [4.78, 5) is 15.8. The molecule has 0 unspecified atom stereocenters. The molecule has 5 heterocycles. The van der Waals surface area contributed by atoms with Crippen LogP contribution >= 0.6 is 0 Å². The maximum absolute atomic E-state index is 6.57. The van der Waals surface area contributed by atoms with Crippen LogP contribution in [0.4, 0.5) is 0 Å². The summed E-state index contributed by atoms with van der Waals surface area (Å²) in [6.45, 7) is 0. The third-order valence-electron chi connectivity index (χ3n) is 11.6. The number of para-hydroxylation sites is 6. The van der Waals surface area contributed by atoms with Crippen LogP contribution in [0.3, 0.4) is 0 Å². The minimum atomic E-state index is 0.522. The highest BCUT2D eigenvalue weighted by Crippen LogP contribution is 2.41. The third kappa shape index (κ3) is 4.35. The molecule has 7 heteroatoms. The number of benzene rings is 8. The molecule has 0 spiro atoms. The molecule has 58 heavy (non-hydrogen) atoms. The monoisotopic (exact) mass is 743 g/mol. The second-order valence-electron chi connectivity index (χ2n) is 14.8. The van der Waals surface area contributed by atoms with E-state index < -0.39 is 0 Å². The van der Waals surface area contributed by atoms with Crippen LogP contribution in [0.5, 0.6) is 0 Å². The fourth-order valence-electron chi connectivity index (χ4n) is 9.09. The summed E-state index contributed by atoms with van der Waals surface area (Å²) < 4.78 is 17.6. The lowest BCUT2D eigenvalue weighted by atomic mass is 10.1. The predicted molar refractivity (Wildman–Crippen MR) is 234 cm³/mol. The van der Waals surface area contributed by atoms with E-state index in [1.165, 1.54) is 10.8 Å². The van der Waals surface area contributed by atoms with Crippen molar-refractivity contribution in [3.05, 3.63) is 176 Å². The topological polar surface area (TPSA) is 74.8 Å². The lowest BCUT2D eigenvalue weighted by Crippen LogP contribution is -2.06. The van der Waals surface area contributed by atoms with Gasteiger partial charge >= 0.3 is 0 Å². The van der Waals surface area contributed by atoms with Crippen molar-refractivity contribution in [3.8, 4) is 34.4 Å². The van der Waals surface area contributed by atoms with Crippen LogP contribution in [-0.2, 0) is 0 Å². The minimum Gasteiger partial charge on any atom is -0.456 e. The van der Waals surface area contributed by atoms with Crippen molar-refractivity contribution in [2.45, 2.75) is 0 Å². The van der Waals surface area contributed by atoms with Gasteiger partial charge in [0.25, 0.3) is 0 Å². The standard InChI is InChI=1S/C51H29N5O2/c1-6-20-39-31(13-1)32-14-2-7-21-40(32)55(39)43-24-12-26-46-47(43)38-29-30(27-28-45(38)57-46)49-52-50(37-19-11-18-36-35-17-5-10-25-44(35)58-48(36)37)54-51(53-49)56-41-22-8-3-15-33(41)34-16-4-9-23-42(34)56/h1-29H. The van der Waals surface area contributed by atoms with Crippen LogP contribution < -0.4 is 0 Å². The molecule has 0 N–H and O–H groups in total. The molecule has 0 aliphatic heterocycles. The normalized spacial score (nSPS) is 12.1. The van der Waals surface area contributed by atoms with Gasteiger partial charge in [-0.15, -0.1) is 0 Å². The highest BCUT2D eigenvalue weighted by molar-refractivity contribution is 6.15. The first kappa shape index (κ1) is 31.2. The lowest BCUT2D eigenvalue weighted by Gasteiger charge is -2.11. The molecule has 13 aromatic rings. The number of aromatic nitrogens is 5. The summed E-state index contributed by atoms with van der Waals surface area (Å²) in [6.07, 6.45) is 0. The average molecular weight is 744 g/mol. The average Bonchev–Trinajstić information content (AvgIpc) is 4.04. The Hall–Kier alpha value is -8.03. The van der Waals surface area contributed by atoms with Crippen molar-refractivity contribution >= 4 is 87.5 Å². The Balaban J connectivity index is 1.09. The fraction of sp³-hybridized carbons (Fsp3) is 0. The van der Waals surface area contributed by atoms with Gasteiger partial charge in [-0.25, -0.2) is 4.98 Å². The van der Waals surface area contributed by atoms with E-state index in [1.807, 2.05) is 48.5 Å². The summed E-state index contributed by atoms with van der Waals surface area (Å²) >= 11 is 0. The highest BCUT2D eigenvalue weighted by atomic mass is 16.3. The molecule has 0 atom stereocenters. The lowest BCUT2D eigenvalue weighted by molar-refractivity contribution is 0.668. The van der Waals surface area contributed by atoms with Gasteiger partial charge in [-0.2, -0.15) is 9.97 Å². The van der Waals surface area contributed by atoms with Gasteiger partial charge in [-0.1, -0.05) is 109 Å². The van der Waals surface area contributed by atoms with E-state index in [1.54, 1.807) is 0 Å². The molecule has 0 saturated carbocycles. The molecule has 0 fully saturated rings. The van der Waals surface area contributed by atoms with Gasteiger partial charge in [0.05, 0.1) is 38.7 Å². The van der Waals surface area contributed by atoms with Crippen molar-refractivity contribution in [2.75, 3.05) is 0 Å². The van der Waals surface area contributed by atoms with Gasteiger partial charge in [-0.3, -0.25) is 4.57 Å². The predicted octanol–water partition coefficient (Wildman–Crippen LogP) is 13.2. The first-order valence-corrected chi connectivity index (χ1v) is 19.4. The van der Waals surface area contributed by atoms with Crippen LogP contribution in [0.1, 0.15) is 0 Å². The van der Waals surface area contributed by atoms with Crippen molar-refractivity contribution in [3.63, 3.8) is 0 Å². The molecule has 0 aliphatic carbocycles. The number of hydrogen-bond donors (Lipinski definition) is 0. The number of hydrogen-bond acceptors (Lipinski definition) is 5. The van der Waals surface area contributed by atoms with Gasteiger partial charge in [0.15, 0.2) is 11.6 Å². The van der Waals surface area contributed by atoms with Crippen molar-refractivity contribution in [2.24, 2.45) is 0 Å². The zero-order chi connectivity index (χ0) is 37.9. The van der Waals surface area contributed by atoms with Gasteiger partial charge in [0.2, 0.25) is 5.95 Å². The van der Waals surface area contributed by atoms with Crippen molar-refractivity contribution < 1.29 is 8.83 Å². The molecule has 0 radical (unpaired) electrons. The number of nitrogens with zero attached hydrogens (tertiary/aromatic N) is 5. The van der Waals surface area contributed by atoms with Gasteiger partial charge in [0, 0.05) is 43.3 Å². The molecule has 13 rings (SSSR count). The molecule has 270 valence electrons. The second kappa shape index (κ2) is 11.7. The summed E-state index contributed by atoms with van der Waals surface area (Å²) in [5, 5.41) is 8.73. The molecule has 0 bridgehead atoms. The number of furan rings is 2.